The Hall–Kier alpha value is -1.35. The van der Waals surface area contributed by atoms with Crippen molar-refractivity contribution < 1.29 is 4.79 Å². The Bertz CT molecular complexity index is 447. The summed E-state index contributed by atoms with van der Waals surface area (Å²) in [6.07, 6.45) is 6.42. The minimum Gasteiger partial charge on any atom is -0.352 e. The lowest BCUT2D eigenvalue weighted by Gasteiger charge is -2.42. The second-order valence-electron chi connectivity index (χ2n) is 6.31. The van der Waals surface area contributed by atoms with Crippen molar-refractivity contribution in [1.82, 2.24) is 10.6 Å². The van der Waals surface area contributed by atoms with Gasteiger partial charge in [0, 0.05) is 12.6 Å². The van der Waals surface area contributed by atoms with Crippen molar-refractivity contribution in [3.63, 3.8) is 0 Å². The molecule has 1 atom stereocenters. The molecule has 1 saturated heterocycles. The number of rotatable bonds is 4. The molecule has 20 heavy (non-hydrogen) atoms. The average Bonchev–Trinajstić information content (AvgIpc) is 2.45. The van der Waals surface area contributed by atoms with Crippen molar-refractivity contribution in [2.24, 2.45) is 5.41 Å². The quantitative estimate of drug-likeness (QED) is 0.883. The minimum atomic E-state index is -0.140. The van der Waals surface area contributed by atoms with Gasteiger partial charge >= 0.3 is 0 Å². The predicted molar refractivity (Wildman–Crippen MR) is 80.5 cm³/mol. The van der Waals surface area contributed by atoms with Crippen LogP contribution >= 0.6 is 0 Å². The molecule has 1 amide bonds. The molecule has 108 valence electrons. The summed E-state index contributed by atoms with van der Waals surface area (Å²) in [6, 6.07) is 10.7. The Balaban J connectivity index is 1.64. The van der Waals surface area contributed by atoms with E-state index in [1.807, 2.05) is 6.07 Å². The van der Waals surface area contributed by atoms with Gasteiger partial charge in [-0.25, -0.2) is 0 Å². The van der Waals surface area contributed by atoms with E-state index in [0.717, 1.165) is 45.2 Å². The number of amides is 1. The first-order valence-corrected chi connectivity index (χ1v) is 7.84. The van der Waals surface area contributed by atoms with Crippen LogP contribution in [-0.2, 0) is 11.2 Å². The van der Waals surface area contributed by atoms with E-state index in [9.17, 15) is 4.79 Å². The second kappa shape index (κ2) is 5.96. The highest BCUT2D eigenvalue weighted by molar-refractivity contribution is 5.84. The van der Waals surface area contributed by atoms with Crippen LogP contribution in [0.4, 0.5) is 0 Å². The number of benzene rings is 1. The van der Waals surface area contributed by atoms with E-state index in [0.29, 0.717) is 6.04 Å². The molecule has 2 N–H and O–H groups in total. The summed E-state index contributed by atoms with van der Waals surface area (Å²) in [5.41, 5.74) is 1.14. The molecule has 0 bridgehead atoms. The Kier molecular flexibility index (Phi) is 4.06. The van der Waals surface area contributed by atoms with Crippen LogP contribution in [0, 0.1) is 5.41 Å². The number of piperidine rings is 1. The molecule has 1 aliphatic carbocycles. The number of carbonyl (C=O) groups is 1. The summed E-state index contributed by atoms with van der Waals surface area (Å²) in [4.78, 5) is 12.7. The van der Waals surface area contributed by atoms with Crippen molar-refractivity contribution in [1.29, 1.82) is 0 Å². The van der Waals surface area contributed by atoms with E-state index < -0.39 is 0 Å². The lowest BCUT2D eigenvalue weighted by molar-refractivity contribution is -0.136. The third-order valence-electron chi connectivity index (χ3n) is 4.81. The number of hydrogen-bond acceptors (Lipinski definition) is 2. The molecule has 1 heterocycles. The highest BCUT2D eigenvalue weighted by Crippen LogP contribution is 2.44. The third-order valence-corrected chi connectivity index (χ3v) is 4.81. The average molecular weight is 272 g/mol. The molecule has 1 aromatic carbocycles. The van der Waals surface area contributed by atoms with Crippen LogP contribution in [0.25, 0.3) is 0 Å². The van der Waals surface area contributed by atoms with Gasteiger partial charge in [-0.1, -0.05) is 36.8 Å². The number of carbonyl (C=O) groups excluding carboxylic acids is 1. The van der Waals surface area contributed by atoms with Gasteiger partial charge in [-0.15, -0.1) is 0 Å². The zero-order valence-electron chi connectivity index (χ0n) is 12.0. The van der Waals surface area contributed by atoms with E-state index in [1.54, 1.807) is 0 Å². The minimum absolute atomic E-state index is 0.140. The molecule has 3 heteroatoms. The van der Waals surface area contributed by atoms with Gasteiger partial charge in [0.05, 0.1) is 5.41 Å². The van der Waals surface area contributed by atoms with Gasteiger partial charge in [0.2, 0.25) is 5.91 Å². The predicted octanol–water partition coefficient (Wildman–Crippen LogP) is 2.27. The third kappa shape index (κ3) is 2.88. The monoisotopic (exact) mass is 272 g/mol. The summed E-state index contributed by atoms with van der Waals surface area (Å²) in [5, 5.41) is 6.64. The normalized spacial score (nSPS) is 24.7. The SMILES string of the molecule is O=C(N[C@H]1CCCNC1)C1(Cc2ccccc2)CCC1. The maximum Gasteiger partial charge on any atom is 0.226 e. The zero-order chi connectivity index (χ0) is 13.8. The Morgan fingerprint density at radius 2 is 2.05 bits per heavy atom. The Labute approximate surface area is 121 Å². The van der Waals surface area contributed by atoms with Gasteiger partial charge in [-0.3, -0.25) is 4.79 Å². The summed E-state index contributed by atoms with van der Waals surface area (Å²) in [7, 11) is 0. The Morgan fingerprint density at radius 1 is 1.25 bits per heavy atom. The van der Waals surface area contributed by atoms with E-state index >= 15 is 0 Å². The molecule has 0 aromatic heterocycles. The molecule has 0 spiro atoms. The zero-order valence-corrected chi connectivity index (χ0v) is 12.0. The molecule has 3 nitrogen and oxygen atoms in total. The van der Waals surface area contributed by atoms with Gasteiger partial charge in [0.25, 0.3) is 0 Å². The van der Waals surface area contributed by atoms with Crippen LogP contribution in [0.3, 0.4) is 0 Å². The summed E-state index contributed by atoms with van der Waals surface area (Å²) < 4.78 is 0. The smallest absolute Gasteiger partial charge is 0.226 e. The molecule has 1 aliphatic heterocycles. The van der Waals surface area contributed by atoms with Crippen LogP contribution in [0.5, 0.6) is 0 Å². The van der Waals surface area contributed by atoms with Crippen LogP contribution in [-0.4, -0.2) is 25.0 Å². The lowest BCUT2D eigenvalue weighted by atomic mass is 9.64. The molecular weight excluding hydrogens is 248 g/mol. The second-order valence-corrected chi connectivity index (χ2v) is 6.31. The fourth-order valence-corrected chi connectivity index (χ4v) is 3.39. The molecule has 1 aromatic rings. The number of hydrogen-bond donors (Lipinski definition) is 2. The summed E-state index contributed by atoms with van der Waals surface area (Å²) in [6.45, 7) is 2.01. The topological polar surface area (TPSA) is 41.1 Å². The fraction of sp³-hybridized carbons (Fsp3) is 0.588. The first-order valence-electron chi connectivity index (χ1n) is 7.84. The first kappa shape index (κ1) is 13.6. The summed E-state index contributed by atoms with van der Waals surface area (Å²) in [5.74, 6) is 0.279. The van der Waals surface area contributed by atoms with Crippen LogP contribution in [0.2, 0.25) is 0 Å². The molecular formula is C17H24N2O. The molecule has 2 aliphatic rings. The van der Waals surface area contributed by atoms with Crippen molar-refractivity contribution in [3.05, 3.63) is 35.9 Å². The van der Waals surface area contributed by atoms with Gasteiger partial charge in [0.15, 0.2) is 0 Å². The molecule has 1 saturated carbocycles. The van der Waals surface area contributed by atoms with E-state index in [2.05, 4.69) is 34.9 Å². The van der Waals surface area contributed by atoms with Crippen molar-refractivity contribution in [2.75, 3.05) is 13.1 Å². The Morgan fingerprint density at radius 3 is 2.65 bits per heavy atom. The molecule has 0 unspecified atom stereocenters. The lowest BCUT2D eigenvalue weighted by Crippen LogP contribution is -2.53. The van der Waals surface area contributed by atoms with Crippen molar-refractivity contribution in [3.8, 4) is 0 Å². The van der Waals surface area contributed by atoms with E-state index in [4.69, 9.17) is 0 Å². The van der Waals surface area contributed by atoms with E-state index in [-0.39, 0.29) is 11.3 Å². The van der Waals surface area contributed by atoms with Crippen LogP contribution in [0.15, 0.2) is 30.3 Å². The van der Waals surface area contributed by atoms with Crippen molar-refractivity contribution >= 4 is 5.91 Å². The van der Waals surface area contributed by atoms with Crippen molar-refractivity contribution in [2.45, 2.75) is 44.6 Å². The fourth-order valence-electron chi connectivity index (χ4n) is 3.39. The van der Waals surface area contributed by atoms with Crippen LogP contribution in [0.1, 0.15) is 37.7 Å². The molecule has 2 fully saturated rings. The standard InChI is InChI=1S/C17H24N2O/c20-16(19-15-8-4-11-18-13-15)17(9-5-10-17)12-14-6-2-1-3-7-14/h1-3,6-7,15,18H,4-5,8-13H2,(H,19,20)/t15-/m0/s1. The molecule has 0 radical (unpaired) electrons. The highest BCUT2D eigenvalue weighted by atomic mass is 16.2. The highest BCUT2D eigenvalue weighted by Gasteiger charge is 2.44. The number of nitrogens with one attached hydrogen (secondary N) is 2. The largest absolute Gasteiger partial charge is 0.352 e. The van der Waals surface area contributed by atoms with Gasteiger partial charge in [-0.05, 0) is 44.2 Å². The van der Waals surface area contributed by atoms with E-state index in [1.165, 1.54) is 12.0 Å². The van der Waals surface area contributed by atoms with Gasteiger partial charge < -0.3 is 10.6 Å². The maximum absolute atomic E-state index is 12.7. The molecule has 3 rings (SSSR count). The van der Waals surface area contributed by atoms with Gasteiger partial charge in [0.1, 0.15) is 0 Å². The maximum atomic E-state index is 12.7. The van der Waals surface area contributed by atoms with Gasteiger partial charge in [-0.2, -0.15) is 0 Å². The van der Waals surface area contributed by atoms with Crippen LogP contribution < -0.4 is 10.6 Å². The summed E-state index contributed by atoms with van der Waals surface area (Å²) >= 11 is 0. The first-order chi connectivity index (χ1) is 9.78.